The zero-order valence-electron chi connectivity index (χ0n) is 17.3. The minimum Gasteiger partial charge on any atom is -0.357 e. The predicted octanol–water partition coefficient (Wildman–Crippen LogP) is 5.21. The van der Waals surface area contributed by atoms with E-state index in [9.17, 15) is 9.59 Å². The Morgan fingerprint density at radius 1 is 1.00 bits per heavy atom. The van der Waals surface area contributed by atoms with Gasteiger partial charge in [-0.1, -0.05) is 67.4 Å². The van der Waals surface area contributed by atoms with Crippen LogP contribution in [0.1, 0.15) is 49.8 Å². The lowest BCUT2D eigenvalue weighted by molar-refractivity contribution is -0.140. The van der Waals surface area contributed by atoms with Gasteiger partial charge >= 0.3 is 0 Å². The number of carbonyl (C=O) groups is 2. The number of nitrogens with one attached hydrogen (secondary N) is 1. The number of rotatable bonds is 8. The van der Waals surface area contributed by atoms with E-state index in [4.69, 9.17) is 23.2 Å². The molecule has 0 unspecified atom stereocenters. The van der Waals surface area contributed by atoms with Gasteiger partial charge in [-0.25, -0.2) is 0 Å². The van der Waals surface area contributed by atoms with Crippen molar-refractivity contribution in [2.45, 2.75) is 52.1 Å². The minimum absolute atomic E-state index is 0.120. The lowest BCUT2D eigenvalue weighted by Crippen LogP contribution is -2.46. The molecule has 2 aromatic carbocycles. The topological polar surface area (TPSA) is 49.4 Å². The van der Waals surface area contributed by atoms with Crippen LogP contribution in [0.4, 0.5) is 0 Å². The van der Waals surface area contributed by atoms with Gasteiger partial charge in [0.2, 0.25) is 11.8 Å². The first-order chi connectivity index (χ1) is 13.7. The second kappa shape index (κ2) is 10.7. The van der Waals surface area contributed by atoms with Crippen LogP contribution < -0.4 is 5.32 Å². The molecule has 0 heterocycles. The lowest BCUT2D eigenvalue weighted by atomic mass is 10.00. The highest BCUT2D eigenvalue weighted by atomic mass is 35.5. The fourth-order valence-electron chi connectivity index (χ4n) is 3.11. The molecular weight excluding hydrogens is 407 g/mol. The standard InChI is InChI=1S/C23H28Cl2N2O2/c1-15(2)18-11-8-17(9-12-18)10-13-22(28)27(16(3)23(29)26-4)14-19-20(24)6-5-7-21(19)25/h5-9,11-12,15-16H,10,13-14H2,1-4H3,(H,26,29)/t16-/m1/s1. The van der Waals surface area contributed by atoms with Crippen molar-refractivity contribution in [1.29, 1.82) is 0 Å². The molecule has 2 amide bonds. The Labute approximate surface area is 183 Å². The van der Waals surface area contributed by atoms with Crippen molar-refractivity contribution in [1.82, 2.24) is 10.2 Å². The van der Waals surface area contributed by atoms with Crippen LogP contribution in [0.15, 0.2) is 42.5 Å². The molecule has 1 N–H and O–H groups in total. The van der Waals surface area contributed by atoms with Gasteiger partial charge in [0.1, 0.15) is 6.04 Å². The second-order valence-electron chi connectivity index (χ2n) is 7.41. The maximum atomic E-state index is 13.0. The highest BCUT2D eigenvalue weighted by Crippen LogP contribution is 2.27. The first-order valence-electron chi connectivity index (χ1n) is 9.77. The normalized spacial score (nSPS) is 12.0. The van der Waals surface area contributed by atoms with Crippen molar-refractivity contribution >= 4 is 35.0 Å². The predicted molar refractivity (Wildman–Crippen MR) is 119 cm³/mol. The molecule has 2 rings (SSSR count). The van der Waals surface area contributed by atoms with Crippen LogP contribution in [0.2, 0.25) is 10.0 Å². The van der Waals surface area contributed by atoms with Crippen LogP contribution in [0.5, 0.6) is 0 Å². The number of nitrogens with zero attached hydrogens (tertiary/aromatic N) is 1. The van der Waals surface area contributed by atoms with Crippen LogP contribution in [0.3, 0.4) is 0 Å². The zero-order chi connectivity index (χ0) is 21.6. The molecule has 0 spiro atoms. The van der Waals surface area contributed by atoms with E-state index in [-0.39, 0.29) is 18.4 Å². The lowest BCUT2D eigenvalue weighted by Gasteiger charge is -2.29. The number of benzene rings is 2. The van der Waals surface area contributed by atoms with Gasteiger partial charge in [0.25, 0.3) is 0 Å². The molecule has 6 heteroatoms. The Bertz CT molecular complexity index is 830. The van der Waals surface area contributed by atoms with Gasteiger partial charge < -0.3 is 10.2 Å². The summed E-state index contributed by atoms with van der Waals surface area (Å²) in [6.07, 6.45) is 0.898. The zero-order valence-corrected chi connectivity index (χ0v) is 18.8. The van der Waals surface area contributed by atoms with E-state index in [2.05, 4.69) is 43.4 Å². The molecule has 0 radical (unpaired) electrons. The van der Waals surface area contributed by atoms with Crippen LogP contribution >= 0.6 is 23.2 Å². The minimum atomic E-state index is -0.636. The van der Waals surface area contributed by atoms with E-state index in [1.54, 1.807) is 32.2 Å². The molecule has 4 nitrogen and oxygen atoms in total. The maximum Gasteiger partial charge on any atom is 0.242 e. The van der Waals surface area contributed by atoms with Gasteiger partial charge in [-0.2, -0.15) is 0 Å². The van der Waals surface area contributed by atoms with E-state index in [1.165, 1.54) is 10.5 Å². The third-order valence-corrected chi connectivity index (χ3v) is 5.79. The Morgan fingerprint density at radius 3 is 2.10 bits per heavy atom. The third kappa shape index (κ3) is 6.22. The number of hydrogen-bond donors (Lipinski definition) is 1. The first kappa shape index (κ1) is 23.2. The molecule has 156 valence electrons. The molecule has 0 aliphatic rings. The van der Waals surface area contributed by atoms with Crippen LogP contribution in [0.25, 0.3) is 0 Å². The highest BCUT2D eigenvalue weighted by molar-refractivity contribution is 6.36. The average Bonchev–Trinajstić information content (AvgIpc) is 2.71. The molecule has 0 bridgehead atoms. The molecule has 0 aromatic heterocycles. The first-order valence-corrected chi connectivity index (χ1v) is 10.5. The number of hydrogen-bond acceptors (Lipinski definition) is 2. The van der Waals surface area contributed by atoms with Gasteiger partial charge in [-0.05, 0) is 42.5 Å². The van der Waals surface area contributed by atoms with Gasteiger partial charge in [0.05, 0.1) is 0 Å². The van der Waals surface area contributed by atoms with Crippen molar-refractivity contribution in [2.75, 3.05) is 7.05 Å². The van der Waals surface area contributed by atoms with Crippen molar-refractivity contribution in [3.63, 3.8) is 0 Å². The van der Waals surface area contributed by atoms with E-state index in [1.807, 2.05) is 0 Å². The summed E-state index contributed by atoms with van der Waals surface area (Å²) in [7, 11) is 1.56. The SMILES string of the molecule is CNC(=O)[C@@H](C)N(Cc1c(Cl)cccc1Cl)C(=O)CCc1ccc(C(C)C)cc1. The smallest absolute Gasteiger partial charge is 0.242 e. The molecular formula is C23H28Cl2N2O2. The van der Waals surface area contributed by atoms with Crippen LogP contribution in [0, 0.1) is 0 Å². The third-order valence-electron chi connectivity index (χ3n) is 5.08. The van der Waals surface area contributed by atoms with Crippen LogP contribution in [-0.4, -0.2) is 29.8 Å². The summed E-state index contributed by atoms with van der Waals surface area (Å²) >= 11 is 12.6. The summed E-state index contributed by atoms with van der Waals surface area (Å²) in [5.41, 5.74) is 3.00. The Morgan fingerprint density at radius 2 is 1.59 bits per heavy atom. The number of amides is 2. The Balaban J connectivity index is 2.17. The molecule has 0 aliphatic heterocycles. The van der Waals surface area contributed by atoms with Gasteiger partial charge in [-0.15, -0.1) is 0 Å². The molecule has 0 fully saturated rings. The number of aryl methyl sites for hydroxylation is 1. The van der Waals surface area contributed by atoms with E-state index >= 15 is 0 Å². The van der Waals surface area contributed by atoms with E-state index in [0.717, 1.165) is 5.56 Å². The molecule has 0 saturated carbocycles. The molecule has 0 saturated heterocycles. The maximum absolute atomic E-state index is 13.0. The summed E-state index contributed by atoms with van der Waals surface area (Å²) in [4.78, 5) is 26.8. The van der Waals surface area contributed by atoms with Gasteiger partial charge in [-0.3, -0.25) is 9.59 Å². The quantitative estimate of drug-likeness (QED) is 0.619. The van der Waals surface area contributed by atoms with E-state index < -0.39 is 6.04 Å². The molecule has 2 aromatic rings. The number of halogens is 2. The van der Waals surface area contributed by atoms with Crippen molar-refractivity contribution in [3.8, 4) is 0 Å². The Hall–Kier alpha value is -2.04. The molecule has 0 aliphatic carbocycles. The highest BCUT2D eigenvalue weighted by Gasteiger charge is 2.26. The summed E-state index contributed by atoms with van der Waals surface area (Å²) in [5.74, 6) is 0.114. The largest absolute Gasteiger partial charge is 0.357 e. The second-order valence-corrected chi connectivity index (χ2v) is 8.22. The van der Waals surface area contributed by atoms with Crippen molar-refractivity contribution in [2.24, 2.45) is 0 Å². The molecule has 1 atom stereocenters. The van der Waals surface area contributed by atoms with E-state index in [0.29, 0.717) is 34.4 Å². The summed E-state index contributed by atoms with van der Waals surface area (Å²) in [6, 6.07) is 12.9. The summed E-state index contributed by atoms with van der Waals surface area (Å²) in [6.45, 7) is 6.18. The average molecular weight is 435 g/mol. The number of carbonyl (C=O) groups excluding carboxylic acids is 2. The van der Waals surface area contributed by atoms with Gasteiger partial charge in [0, 0.05) is 35.6 Å². The fraction of sp³-hybridized carbons (Fsp3) is 0.391. The van der Waals surface area contributed by atoms with Crippen molar-refractivity contribution < 1.29 is 9.59 Å². The molecule has 29 heavy (non-hydrogen) atoms. The fourth-order valence-corrected chi connectivity index (χ4v) is 3.63. The summed E-state index contributed by atoms with van der Waals surface area (Å²) in [5, 5.41) is 3.56. The Kier molecular flexibility index (Phi) is 8.54. The van der Waals surface area contributed by atoms with Crippen molar-refractivity contribution in [3.05, 3.63) is 69.2 Å². The number of likely N-dealkylation sites (N-methyl/N-ethyl adjacent to an activating group) is 1. The van der Waals surface area contributed by atoms with Crippen LogP contribution in [-0.2, 0) is 22.6 Å². The summed E-state index contributed by atoms with van der Waals surface area (Å²) < 4.78 is 0. The monoisotopic (exact) mass is 434 g/mol. The van der Waals surface area contributed by atoms with Gasteiger partial charge in [0.15, 0.2) is 0 Å².